The van der Waals surface area contributed by atoms with Gasteiger partial charge >= 0.3 is 0 Å². The Hall–Kier alpha value is -2.91. The molecule has 0 bridgehead atoms. The predicted molar refractivity (Wildman–Crippen MR) is 127 cm³/mol. The zero-order valence-electron chi connectivity index (χ0n) is 16.9. The Balaban J connectivity index is 1.55. The molecule has 2 aromatic rings. The molecule has 0 aromatic heterocycles. The van der Waals surface area contributed by atoms with E-state index in [2.05, 4.69) is 26.0 Å². The van der Waals surface area contributed by atoms with E-state index in [4.69, 9.17) is 14.9 Å². The number of carbonyl (C=O) groups is 1. The van der Waals surface area contributed by atoms with Crippen LogP contribution < -0.4 is 9.47 Å². The van der Waals surface area contributed by atoms with E-state index in [0.717, 1.165) is 21.5 Å². The maximum atomic E-state index is 12.5. The average Bonchev–Trinajstić information content (AvgIpc) is 3.20. The van der Waals surface area contributed by atoms with E-state index in [1.165, 1.54) is 16.8 Å². The fourth-order valence-electron chi connectivity index (χ4n) is 2.98. The van der Waals surface area contributed by atoms with Crippen molar-refractivity contribution in [1.82, 2.24) is 5.01 Å². The summed E-state index contributed by atoms with van der Waals surface area (Å²) in [6, 6.07) is 13.2. The Morgan fingerprint density at radius 2 is 1.97 bits per heavy atom. The van der Waals surface area contributed by atoms with Crippen molar-refractivity contribution in [3.63, 3.8) is 0 Å². The van der Waals surface area contributed by atoms with Crippen molar-refractivity contribution < 1.29 is 14.3 Å². The van der Waals surface area contributed by atoms with Crippen LogP contribution in [0.3, 0.4) is 0 Å². The number of fused-ring (bicyclic) bond motifs is 1. The molecule has 0 spiro atoms. The fourth-order valence-corrected chi connectivity index (χ4v) is 4.07. The van der Waals surface area contributed by atoms with Gasteiger partial charge in [-0.2, -0.15) is 15.1 Å². The molecular formula is C22H19BrN4O3S. The molecule has 2 heterocycles. The lowest BCUT2D eigenvalue weighted by atomic mass is 10.1. The van der Waals surface area contributed by atoms with Crippen LogP contribution in [-0.4, -0.2) is 34.1 Å². The predicted octanol–water partition coefficient (Wildman–Crippen LogP) is 5.07. The number of hydrazone groups is 1. The summed E-state index contributed by atoms with van der Waals surface area (Å²) in [7, 11) is 1.56. The molecule has 1 amide bonds. The Bertz CT molecular complexity index is 1140. The number of benzene rings is 2. The quantitative estimate of drug-likeness (QED) is 0.561. The average molecular weight is 499 g/mol. The lowest BCUT2D eigenvalue weighted by Crippen LogP contribution is -2.35. The molecule has 31 heavy (non-hydrogen) atoms. The van der Waals surface area contributed by atoms with Gasteiger partial charge < -0.3 is 9.47 Å². The van der Waals surface area contributed by atoms with Gasteiger partial charge in [0.1, 0.15) is 11.7 Å². The van der Waals surface area contributed by atoms with Gasteiger partial charge in [0.2, 0.25) is 5.17 Å². The molecule has 4 rings (SSSR count). The van der Waals surface area contributed by atoms with Crippen LogP contribution in [0.25, 0.3) is 6.08 Å². The largest absolute Gasteiger partial charge is 0.493 e. The van der Waals surface area contributed by atoms with Gasteiger partial charge in [-0.25, -0.2) is 0 Å². The van der Waals surface area contributed by atoms with E-state index in [1.807, 2.05) is 37.3 Å². The van der Waals surface area contributed by atoms with Crippen molar-refractivity contribution >= 4 is 55.7 Å². The summed E-state index contributed by atoms with van der Waals surface area (Å²) in [4.78, 5) is 16.6. The Kier molecular flexibility index (Phi) is 6.24. The van der Waals surface area contributed by atoms with Gasteiger partial charge in [0.25, 0.3) is 5.91 Å². The van der Waals surface area contributed by atoms with Crippen LogP contribution in [0.5, 0.6) is 11.5 Å². The molecule has 2 aliphatic heterocycles. The second-order valence-electron chi connectivity index (χ2n) is 6.69. The van der Waals surface area contributed by atoms with Crippen molar-refractivity contribution in [1.29, 1.82) is 5.41 Å². The maximum absolute atomic E-state index is 12.5. The molecule has 7 nitrogen and oxygen atoms in total. The fraction of sp³-hybridized carbons (Fsp3) is 0.182. The highest BCUT2D eigenvalue weighted by atomic mass is 79.9. The molecule has 0 atom stereocenters. The summed E-state index contributed by atoms with van der Waals surface area (Å²) in [5.74, 6) is 0.686. The zero-order valence-corrected chi connectivity index (χ0v) is 19.3. The van der Waals surface area contributed by atoms with Crippen molar-refractivity contribution in [2.24, 2.45) is 10.1 Å². The van der Waals surface area contributed by atoms with Gasteiger partial charge in [0, 0.05) is 4.47 Å². The molecule has 9 heteroatoms. The Morgan fingerprint density at radius 3 is 2.68 bits per heavy atom. The van der Waals surface area contributed by atoms with Crippen LogP contribution in [0.1, 0.15) is 24.5 Å². The molecule has 2 aromatic carbocycles. The second-order valence-corrected chi connectivity index (χ2v) is 8.65. The standard InChI is InChI=1S/C22H19BrN4O3S/c1-3-19-26-27-20(24)16(21(28)25-22(27)31-19)10-14-6-9-17(18(11-14)29-2)30-12-13-4-7-15(23)8-5-13/h4-11,24H,3,12H2,1-2H3/b16-10+,24-20?. The Morgan fingerprint density at radius 1 is 1.19 bits per heavy atom. The van der Waals surface area contributed by atoms with Crippen molar-refractivity contribution in [3.8, 4) is 11.5 Å². The summed E-state index contributed by atoms with van der Waals surface area (Å²) in [5, 5.41) is 15.4. The summed E-state index contributed by atoms with van der Waals surface area (Å²) in [6.45, 7) is 2.37. The van der Waals surface area contributed by atoms with Crippen LogP contribution in [0.15, 0.2) is 62.6 Å². The highest BCUT2D eigenvalue weighted by molar-refractivity contribution is 9.10. The molecular weight excluding hydrogens is 480 g/mol. The molecule has 0 fully saturated rings. The summed E-state index contributed by atoms with van der Waals surface area (Å²) in [6.07, 6.45) is 2.34. The smallest absolute Gasteiger partial charge is 0.283 e. The van der Waals surface area contributed by atoms with E-state index < -0.39 is 5.91 Å². The van der Waals surface area contributed by atoms with Gasteiger partial charge in [0.05, 0.1) is 12.7 Å². The first-order valence-corrected chi connectivity index (χ1v) is 11.1. The molecule has 158 valence electrons. The van der Waals surface area contributed by atoms with Crippen LogP contribution in [0.4, 0.5) is 0 Å². The number of carbonyl (C=O) groups excluding carboxylic acids is 1. The molecule has 2 aliphatic rings. The number of hydrogen-bond donors (Lipinski definition) is 1. The van der Waals surface area contributed by atoms with Crippen LogP contribution in [0, 0.1) is 5.41 Å². The third-order valence-corrected chi connectivity index (χ3v) is 6.19. The van der Waals surface area contributed by atoms with Gasteiger partial charge in [-0.3, -0.25) is 10.2 Å². The van der Waals surface area contributed by atoms with Gasteiger partial charge in [-0.15, -0.1) is 0 Å². The monoisotopic (exact) mass is 498 g/mol. The number of amidine groups is 2. The lowest BCUT2D eigenvalue weighted by molar-refractivity contribution is -0.114. The Labute approximate surface area is 192 Å². The zero-order chi connectivity index (χ0) is 22.0. The van der Waals surface area contributed by atoms with Crippen molar-refractivity contribution in [3.05, 3.63) is 63.6 Å². The number of amides is 1. The number of rotatable bonds is 6. The summed E-state index contributed by atoms with van der Waals surface area (Å²) in [5.41, 5.74) is 1.91. The molecule has 0 saturated heterocycles. The number of nitrogens with zero attached hydrogens (tertiary/aromatic N) is 3. The lowest BCUT2D eigenvalue weighted by Gasteiger charge is -2.20. The SMILES string of the molecule is CCC1=NN2C(=N)/C(=C\c3ccc(OCc4ccc(Br)cc4)c(OC)c3)C(=O)N=C2S1. The van der Waals surface area contributed by atoms with E-state index in [-0.39, 0.29) is 11.4 Å². The van der Waals surface area contributed by atoms with E-state index in [0.29, 0.717) is 28.8 Å². The summed E-state index contributed by atoms with van der Waals surface area (Å²) < 4.78 is 12.4. The highest BCUT2D eigenvalue weighted by Crippen LogP contribution is 2.32. The van der Waals surface area contributed by atoms with Crippen molar-refractivity contribution in [2.45, 2.75) is 20.0 Å². The molecule has 0 aliphatic carbocycles. The van der Waals surface area contributed by atoms with Crippen LogP contribution >= 0.6 is 27.7 Å². The number of thioether (sulfide) groups is 1. The second kappa shape index (κ2) is 9.07. The molecule has 0 radical (unpaired) electrons. The van der Waals surface area contributed by atoms with Crippen LogP contribution in [-0.2, 0) is 11.4 Å². The minimum atomic E-state index is -0.453. The topological polar surface area (TPSA) is 87.3 Å². The van der Waals surface area contributed by atoms with E-state index >= 15 is 0 Å². The van der Waals surface area contributed by atoms with E-state index in [1.54, 1.807) is 25.3 Å². The molecule has 1 N–H and O–H groups in total. The number of ether oxygens (including phenoxy) is 2. The number of methoxy groups -OCH3 is 1. The third-order valence-electron chi connectivity index (χ3n) is 4.61. The first-order valence-electron chi connectivity index (χ1n) is 9.53. The van der Waals surface area contributed by atoms with Crippen molar-refractivity contribution in [2.75, 3.05) is 7.11 Å². The minimum Gasteiger partial charge on any atom is -0.493 e. The van der Waals surface area contributed by atoms with Gasteiger partial charge in [-0.1, -0.05) is 41.1 Å². The summed E-state index contributed by atoms with van der Waals surface area (Å²) >= 11 is 4.74. The first kappa shape index (κ1) is 21.3. The van der Waals surface area contributed by atoms with Gasteiger partial charge in [-0.05, 0) is 59.7 Å². The highest BCUT2D eigenvalue weighted by Gasteiger charge is 2.35. The minimum absolute atomic E-state index is 0.0143. The molecule has 0 unspecified atom stereocenters. The van der Waals surface area contributed by atoms with E-state index in [9.17, 15) is 4.79 Å². The maximum Gasteiger partial charge on any atom is 0.283 e. The number of aliphatic imine (C=N–C) groups is 1. The van der Waals surface area contributed by atoms with Gasteiger partial charge in [0.15, 0.2) is 17.3 Å². The third kappa shape index (κ3) is 4.57. The number of hydrogen-bond acceptors (Lipinski definition) is 6. The normalized spacial score (nSPS) is 16.9. The number of halogens is 1. The number of nitrogens with one attached hydrogen (secondary N) is 1. The molecule has 0 saturated carbocycles. The van der Waals surface area contributed by atoms with Crippen LogP contribution in [0.2, 0.25) is 0 Å². The first-order chi connectivity index (χ1) is 15.0.